The van der Waals surface area contributed by atoms with Crippen molar-refractivity contribution in [2.24, 2.45) is 17.3 Å². The van der Waals surface area contributed by atoms with E-state index in [4.69, 9.17) is 0 Å². The van der Waals surface area contributed by atoms with E-state index in [1.807, 2.05) is 0 Å². The zero-order valence-corrected chi connectivity index (χ0v) is 21.5. The van der Waals surface area contributed by atoms with Crippen molar-refractivity contribution in [3.63, 3.8) is 0 Å². The molecule has 198 valence electrons. The number of alkyl halides is 3. The number of fused-ring (bicyclic) bond motifs is 4. The summed E-state index contributed by atoms with van der Waals surface area (Å²) in [5, 5.41) is 11.7. The number of hydrogen-bond donors (Lipinski definition) is 1. The first-order chi connectivity index (χ1) is 17.3. The smallest absolute Gasteiger partial charge is 0.377 e. The van der Waals surface area contributed by atoms with Crippen LogP contribution in [0.25, 0.3) is 0 Å². The fourth-order valence-electron chi connectivity index (χ4n) is 7.31. The lowest BCUT2D eigenvalue weighted by Gasteiger charge is -2.53. The molecule has 2 fully saturated rings. The average molecular weight is 535 g/mol. The summed E-state index contributed by atoms with van der Waals surface area (Å²) in [4.78, 5) is 12.2. The van der Waals surface area contributed by atoms with E-state index in [0.29, 0.717) is 25.7 Å². The summed E-state index contributed by atoms with van der Waals surface area (Å²) in [6.45, 7) is 3.80. The molecule has 0 amide bonds. The van der Waals surface area contributed by atoms with Crippen molar-refractivity contribution in [3.8, 4) is 17.6 Å². The number of ketones is 1. The lowest BCUT2D eigenvalue weighted by molar-refractivity contribution is -0.114. The summed E-state index contributed by atoms with van der Waals surface area (Å²) >= 11 is 0. The maximum absolute atomic E-state index is 12.8. The molecule has 0 heterocycles. The lowest BCUT2D eigenvalue weighted by atomic mass is 9.51. The van der Waals surface area contributed by atoms with Gasteiger partial charge < -0.3 is 9.29 Å². The molecule has 1 aromatic rings. The zero-order chi connectivity index (χ0) is 26.8. The average Bonchev–Trinajstić information content (AvgIpc) is 3.08. The zero-order valence-electron chi connectivity index (χ0n) is 20.7. The molecule has 0 spiro atoms. The Morgan fingerprint density at radius 1 is 1.11 bits per heavy atom. The highest BCUT2D eigenvalue weighted by Gasteiger charge is 2.62. The van der Waals surface area contributed by atoms with E-state index in [9.17, 15) is 31.5 Å². The van der Waals surface area contributed by atoms with E-state index in [-0.39, 0.29) is 23.5 Å². The molecular weight excluding hydrogens is 505 g/mol. The molecule has 1 aromatic carbocycles. The highest BCUT2D eigenvalue weighted by atomic mass is 32.2. The van der Waals surface area contributed by atoms with E-state index in [2.05, 4.69) is 22.9 Å². The van der Waals surface area contributed by atoms with Gasteiger partial charge in [0.25, 0.3) is 0 Å². The first-order valence-electron chi connectivity index (χ1n) is 12.5. The van der Waals surface area contributed by atoms with Crippen LogP contribution in [-0.4, -0.2) is 30.4 Å². The standard InChI is InChI=1S/C28H29F3O5S/c1-3-13-27(33)14-12-24-22-10-6-18-15-19(32)7-11-21(18)25(22)23(16-26(24,27)2)17-4-8-20(9-5-17)36-37(34,35)28(29,30)31/h4-5,8-9,15,22-24,33H,6-7,10-12,14,16H2,1-2H3. The van der Waals surface area contributed by atoms with Crippen LogP contribution in [0.3, 0.4) is 0 Å². The molecule has 37 heavy (non-hydrogen) atoms. The SMILES string of the molecule is CC#CC1(O)CCC2C3CCC4=CC(=O)CCC4=C3C(c3ccc(OS(=O)(=O)C(F)(F)F)cc3)CC21C. The second kappa shape index (κ2) is 8.74. The fraction of sp³-hybridized carbons (Fsp3) is 0.536. The van der Waals surface area contributed by atoms with Crippen molar-refractivity contribution in [1.82, 2.24) is 0 Å². The maximum Gasteiger partial charge on any atom is 0.534 e. The second-order valence-corrected chi connectivity index (χ2v) is 12.4. The Kier molecular flexibility index (Phi) is 6.15. The lowest BCUT2D eigenvalue weighted by Crippen LogP contribution is -2.51. The largest absolute Gasteiger partial charge is 0.534 e. The predicted octanol–water partition coefficient (Wildman–Crippen LogP) is 5.57. The molecule has 5 rings (SSSR count). The molecule has 9 heteroatoms. The van der Waals surface area contributed by atoms with Gasteiger partial charge >= 0.3 is 15.6 Å². The van der Waals surface area contributed by atoms with Crippen LogP contribution in [0, 0.1) is 29.1 Å². The number of aliphatic hydroxyl groups is 1. The molecule has 0 bridgehead atoms. The highest BCUT2D eigenvalue weighted by molar-refractivity contribution is 7.88. The maximum atomic E-state index is 12.8. The molecular formula is C28H29F3O5S. The van der Waals surface area contributed by atoms with Crippen LogP contribution in [0.4, 0.5) is 13.2 Å². The quantitative estimate of drug-likeness (QED) is 0.312. The minimum absolute atomic E-state index is 0.121. The summed E-state index contributed by atoms with van der Waals surface area (Å²) in [5.74, 6) is 5.94. The van der Waals surface area contributed by atoms with Gasteiger partial charge in [-0.25, -0.2) is 0 Å². The van der Waals surface area contributed by atoms with Gasteiger partial charge in [-0.1, -0.05) is 30.6 Å². The normalized spacial score (nSPS) is 33.5. The fourth-order valence-corrected chi connectivity index (χ4v) is 7.76. The second-order valence-electron chi connectivity index (χ2n) is 10.8. The Morgan fingerprint density at radius 2 is 1.81 bits per heavy atom. The van der Waals surface area contributed by atoms with Gasteiger partial charge in [-0.05, 0) is 92.2 Å². The van der Waals surface area contributed by atoms with E-state index < -0.39 is 32.4 Å². The number of rotatable bonds is 3. The number of carbonyl (C=O) groups excluding carboxylic acids is 1. The van der Waals surface area contributed by atoms with Crippen molar-refractivity contribution in [3.05, 3.63) is 52.6 Å². The Balaban J connectivity index is 1.59. The van der Waals surface area contributed by atoms with E-state index in [0.717, 1.165) is 30.4 Å². The number of halogens is 3. The molecule has 5 nitrogen and oxygen atoms in total. The monoisotopic (exact) mass is 534 g/mol. The number of hydrogen-bond acceptors (Lipinski definition) is 5. The number of benzene rings is 1. The van der Waals surface area contributed by atoms with Crippen molar-refractivity contribution >= 4 is 15.9 Å². The molecule has 0 aliphatic heterocycles. The van der Waals surface area contributed by atoms with Gasteiger partial charge in [0.1, 0.15) is 11.4 Å². The van der Waals surface area contributed by atoms with Crippen LogP contribution in [0.1, 0.15) is 70.3 Å². The van der Waals surface area contributed by atoms with Crippen LogP contribution in [0.2, 0.25) is 0 Å². The first kappa shape index (κ1) is 26.1. The molecule has 5 unspecified atom stereocenters. The third-order valence-corrected chi connectivity index (χ3v) is 9.97. The van der Waals surface area contributed by atoms with Gasteiger partial charge in [0.2, 0.25) is 0 Å². The van der Waals surface area contributed by atoms with Gasteiger partial charge in [-0.3, -0.25) is 4.79 Å². The third-order valence-electron chi connectivity index (χ3n) is 8.99. The molecule has 4 aliphatic rings. The molecule has 1 N–H and O–H groups in total. The minimum Gasteiger partial charge on any atom is -0.377 e. The summed E-state index contributed by atoms with van der Waals surface area (Å²) in [7, 11) is -5.77. The third kappa shape index (κ3) is 4.13. The summed E-state index contributed by atoms with van der Waals surface area (Å²) in [6, 6.07) is 5.69. The van der Waals surface area contributed by atoms with Crippen LogP contribution in [-0.2, 0) is 14.9 Å². The Hall–Kier alpha value is -2.57. The predicted molar refractivity (Wildman–Crippen MR) is 131 cm³/mol. The molecule has 0 saturated heterocycles. The summed E-state index contributed by atoms with van der Waals surface area (Å²) in [6.07, 6.45) is 6.50. The highest BCUT2D eigenvalue weighted by Crippen LogP contribution is 2.66. The molecule has 2 saturated carbocycles. The van der Waals surface area contributed by atoms with Crippen LogP contribution >= 0.6 is 0 Å². The Bertz CT molecular complexity index is 1360. The van der Waals surface area contributed by atoms with Gasteiger partial charge in [0.15, 0.2) is 5.78 Å². The van der Waals surface area contributed by atoms with E-state index in [1.54, 1.807) is 25.1 Å². The Morgan fingerprint density at radius 3 is 2.46 bits per heavy atom. The van der Waals surface area contributed by atoms with Crippen molar-refractivity contribution in [2.45, 2.75) is 75.8 Å². The van der Waals surface area contributed by atoms with Gasteiger partial charge in [-0.15, -0.1) is 5.92 Å². The van der Waals surface area contributed by atoms with Crippen LogP contribution in [0.5, 0.6) is 5.75 Å². The Labute approximate surface area is 214 Å². The minimum atomic E-state index is -5.77. The van der Waals surface area contributed by atoms with Gasteiger partial charge in [0.05, 0.1) is 0 Å². The van der Waals surface area contributed by atoms with Gasteiger partial charge in [0, 0.05) is 17.8 Å². The van der Waals surface area contributed by atoms with Crippen molar-refractivity contribution < 1.29 is 35.7 Å². The van der Waals surface area contributed by atoms with E-state index >= 15 is 0 Å². The molecule has 0 radical (unpaired) electrons. The van der Waals surface area contributed by atoms with E-state index in [1.165, 1.54) is 23.3 Å². The first-order valence-corrected chi connectivity index (χ1v) is 13.9. The summed E-state index contributed by atoms with van der Waals surface area (Å²) < 4.78 is 65.5. The number of carbonyl (C=O) groups is 1. The van der Waals surface area contributed by atoms with Crippen LogP contribution in [0.15, 0.2) is 47.1 Å². The van der Waals surface area contributed by atoms with Crippen LogP contribution < -0.4 is 4.18 Å². The topological polar surface area (TPSA) is 80.7 Å². The number of allylic oxidation sites excluding steroid dienone is 4. The molecule has 5 atom stereocenters. The summed E-state index contributed by atoms with van der Waals surface area (Å²) in [5.41, 5.74) is -2.86. The van der Waals surface area contributed by atoms with Crippen molar-refractivity contribution in [2.75, 3.05) is 0 Å². The van der Waals surface area contributed by atoms with Gasteiger partial charge in [-0.2, -0.15) is 21.6 Å². The molecule has 0 aromatic heterocycles. The molecule has 4 aliphatic carbocycles. The van der Waals surface area contributed by atoms with Crippen molar-refractivity contribution in [1.29, 1.82) is 0 Å².